The second kappa shape index (κ2) is 5.34. The zero-order chi connectivity index (χ0) is 14.9. The molecule has 0 spiro atoms. The highest BCUT2D eigenvalue weighted by atomic mass is 35.5. The Bertz CT molecular complexity index is 740. The molecule has 0 atom stereocenters. The van der Waals surface area contributed by atoms with Crippen molar-refractivity contribution in [3.63, 3.8) is 0 Å². The molecule has 104 valence electrons. The van der Waals surface area contributed by atoms with Gasteiger partial charge in [-0.05, 0) is 6.07 Å². The molecule has 0 fully saturated rings. The van der Waals surface area contributed by atoms with Gasteiger partial charge in [-0.3, -0.25) is 4.79 Å². The molecule has 2 heterocycles. The molecule has 0 aliphatic carbocycles. The normalized spacial score (nSPS) is 10.3. The van der Waals surface area contributed by atoms with Crippen LogP contribution in [0.2, 0.25) is 5.15 Å². The molecule has 0 aromatic carbocycles. The number of pyridine rings is 2. The first-order chi connectivity index (χ1) is 9.43. The Kier molecular flexibility index (Phi) is 3.76. The number of rotatable bonds is 3. The predicted molar refractivity (Wildman–Crippen MR) is 73.4 cm³/mol. The zero-order valence-corrected chi connectivity index (χ0v) is 11.5. The Morgan fingerprint density at radius 3 is 2.70 bits per heavy atom. The first-order valence-electron chi connectivity index (χ1n) is 5.58. The van der Waals surface area contributed by atoms with E-state index in [2.05, 4.69) is 4.98 Å². The Morgan fingerprint density at radius 1 is 1.40 bits per heavy atom. The molecule has 2 aromatic heterocycles. The van der Waals surface area contributed by atoms with Crippen LogP contribution in [0, 0.1) is 0 Å². The van der Waals surface area contributed by atoms with Gasteiger partial charge in [-0.2, -0.15) is 0 Å². The number of aromatic carboxylic acids is 1. The fourth-order valence-corrected chi connectivity index (χ4v) is 1.97. The van der Waals surface area contributed by atoms with E-state index in [-0.39, 0.29) is 10.7 Å². The lowest BCUT2D eigenvalue weighted by Gasteiger charge is -2.12. The number of methoxy groups -OCH3 is 1. The van der Waals surface area contributed by atoms with Crippen molar-refractivity contribution in [3.8, 4) is 16.9 Å². The summed E-state index contributed by atoms with van der Waals surface area (Å²) in [4.78, 5) is 26.8. The molecular formula is C13H11ClN2O4. The van der Waals surface area contributed by atoms with Crippen LogP contribution in [-0.2, 0) is 7.05 Å². The van der Waals surface area contributed by atoms with E-state index in [1.165, 1.54) is 37.2 Å². The number of carboxylic acid groups (broad SMARTS) is 1. The van der Waals surface area contributed by atoms with Gasteiger partial charge < -0.3 is 14.4 Å². The van der Waals surface area contributed by atoms with Gasteiger partial charge in [-0.25, -0.2) is 9.78 Å². The lowest BCUT2D eigenvalue weighted by molar-refractivity contribution is 0.0697. The molecule has 2 rings (SSSR count). The number of aromatic nitrogens is 2. The molecule has 0 saturated heterocycles. The number of nitrogens with zero attached hydrogens (tertiary/aromatic N) is 2. The summed E-state index contributed by atoms with van der Waals surface area (Å²) < 4.78 is 6.45. The summed E-state index contributed by atoms with van der Waals surface area (Å²) in [6.07, 6.45) is 2.83. The van der Waals surface area contributed by atoms with E-state index in [9.17, 15) is 14.7 Å². The second-order valence-corrected chi connectivity index (χ2v) is 4.45. The Labute approximate surface area is 119 Å². The maximum Gasteiger partial charge on any atom is 0.336 e. The monoisotopic (exact) mass is 294 g/mol. The van der Waals surface area contributed by atoms with Crippen LogP contribution >= 0.6 is 11.6 Å². The summed E-state index contributed by atoms with van der Waals surface area (Å²) in [5.41, 5.74) is 0.264. The van der Waals surface area contributed by atoms with E-state index in [0.717, 1.165) is 6.07 Å². The van der Waals surface area contributed by atoms with Gasteiger partial charge in [0.05, 0.1) is 18.9 Å². The summed E-state index contributed by atoms with van der Waals surface area (Å²) in [6.45, 7) is 0. The van der Waals surface area contributed by atoms with Crippen molar-refractivity contribution < 1.29 is 14.6 Å². The zero-order valence-electron chi connectivity index (χ0n) is 10.8. The van der Waals surface area contributed by atoms with E-state index in [4.69, 9.17) is 16.3 Å². The van der Waals surface area contributed by atoms with Crippen LogP contribution in [-0.4, -0.2) is 27.7 Å². The molecular weight excluding hydrogens is 284 g/mol. The van der Waals surface area contributed by atoms with Gasteiger partial charge in [-0.1, -0.05) is 11.6 Å². The minimum absolute atomic E-state index is 0.117. The molecule has 7 heteroatoms. The first kappa shape index (κ1) is 14.1. The first-order valence-corrected chi connectivity index (χ1v) is 5.95. The number of aryl methyl sites for hydroxylation is 1. The largest absolute Gasteiger partial charge is 0.494 e. The van der Waals surface area contributed by atoms with Gasteiger partial charge in [0.15, 0.2) is 0 Å². The number of carbonyl (C=O) groups is 1. The van der Waals surface area contributed by atoms with Crippen LogP contribution in [0.25, 0.3) is 11.1 Å². The van der Waals surface area contributed by atoms with Gasteiger partial charge in [0, 0.05) is 30.4 Å². The van der Waals surface area contributed by atoms with Crippen molar-refractivity contribution in [1.29, 1.82) is 0 Å². The van der Waals surface area contributed by atoms with Gasteiger partial charge in [-0.15, -0.1) is 0 Å². The van der Waals surface area contributed by atoms with E-state index >= 15 is 0 Å². The van der Waals surface area contributed by atoms with Crippen molar-refractivity contribution in [2.75, 3.05) is 7.11 Å². The lowest BCUT2D eigenvalue weighted by Crippen LogP contribution is -2.18. The summed E-state index contributed by atoms with van der Waals surface area (Å²) in [6, 6.07) is 2.55. The van der Waals surface area contributed by atoms with Crippen molar-refractivity contribution in [3.05, 3.63) is 45.6 Å². The molecule has 0 saturated carbocycles. The highest BCUT2D eigenvalue weighted by Crippen LogP contribution is 2.32. The molecule has 20 heavy (non-hydrogen) atoms. The minimum atomic E-state index is -1.20. The molecule has 6 nitrogen and oxygen atoms in total. The van der Waals surface area contributed by atoms with Crippen molar-refractivity contribution >= 4 is 17.6 Å². The van der Waals surface area contributed by atoms with Crippen molar-refractivity contribution in [2.24, 2.45) is 7.05 Å². The molecule has 0 aliphatic rings. The van der Waals surface area contributed by atoms with Gasteiger partial charge >= 0.3 is 5.97 Å². The fourth-order valence-electron chi connectivity index (χ4n) is 1.81. The standard InChI is InChI=1S/C13H11ClN2O4/c1-16-6-9(8(13(18)19)4-12(16)17)7-3-11(14)15-5-10(7)20-2/h3-6H,1-2H3,(H,18,19). The Hall–Kier alpha value is -2.34. The molecule has 0 aliphatic heterocycles. The van der Waals surface area contributed by atoms with Crippen LogP contribution in [0.4, 0.5) is 0 Å². The van der Waals surface area contributed by atoms with Crippen LogP contribution in [0.15, 0.2) is 29.3 Å². The lowest BCUT2D eigenvalue weighted by atomic mass is 10.0. The van der Waals surface area contributed by atoms with Gasteiger partial charge in [0.1, 0.15) is 10.9 Å². The third-order valence-corrected chi connectivity index (χ3v) is 3.01. The fraction of sp³-hybridized carbons (Fsp3) is 0.154. The second-order valence-electron chi connectivity index (χ2n) is 4.06. The summed E-state index contributed by atoms with van der Waals surface area (Å²) >= 11 is 5.84. The highest BCUT2D eigenvalue weighted by Gasteiger charge is 2.17. The maximum atomic E-state index is 11.6. The molecule has 2 aromatic rings. The summed E-state index contributed by atoms with van der Waals surface area (Å²) in [5.74, 6) is -0.830. The Morgan fingerprint density at radius 2 is 2.10 bits per heavy atom. The summed E-state index contributed by atoms with van der Waals surface area (Å²) in [7, 11) is 2.98. The van der Waals surface area contributed by atoms with Crippen molar-refractivity contribution in [1.82, 2.24) is 9.55 Å². The predicted octanol–water partition coefficient (Wildman–Crippen LogP) is 1.81. The summed E-state index contributed by atoms with van der Waals surface area (Å²) in [5, 5.41) is 9.44. The van der Waals surface area contributed by atoms with Crippen LogP contribution in [0.5, 0.6) is 5.75 Å². The van der Waals surface area contributed by atoms with Crippen LogP contribution < -0.4 is 10.3 Å². The van der Waals surface area contributed by atoms with Gasteiger partial charge in [0.25, 0.3) is 5.56 Å². The van der Waals surface area contributed by atoms with E-state index in [0.29, 0.717) is 16.9 Å². The van der Waals surface area contributed by atoms with Gasteiger partial charge in [0.2, 0.25) is 0 Å². The molecule has 0 radical (unpaired) electrons. The Balaban J connectivity index is 2.81. The van der Waals surface area contributed by atoms with E-state index in [1.54, 1.807) is 0 Å². The topological polar surface area (TPSA) is 81.4 Å². The van der Waals surface area contributed by atoms with E-state index in [1.807, 2.05) is 0 Å². The number of hydrogen-bond acceptors (Lipinski definition) is 4. The number of halogens is 1. The third kappa shape index (κ3) is 2.50. The quantitative estimate of drug-likeness (QED) is 0.873. The number of ether oxygens (including phenoxy) is 1. The molecule has 0 bridgehead atoms. The minimum Gasteiger partial charge on any atom is -0.494 e. The maximum absolute atomic E-state index is 11.6. The molecule has 0 unspecified atom stereocenters. The number of hydrogen-bond donors (Lipinski definition) is 1. The SMILES string of the molecule is COc1cnc(Cl)cc1-c1cn(C)c(=O)cc1C(=O)O. The average molecular weight is 295 g/mol. The van der Waals surface area contributed by atoms with Crippen LogP contribution in [0.3, 0.4) is 0 Å². The van der Waals surface area contributed by atoms with E-state index < -0.39 is 11.5 Å². The smallest absolute Gasteiger partial charge is 0.336 e. The highest BCUT2D eigenvalue weighted by molar-refractivity contribution is 6.29. The van der Waals surface area contributed by atoms with Crippen molar-refractivity contribution in [2.45, 2.75) is 0 Å². The third-order valence-electron chi connectivity index (χ3n) is 2.80. The van der Waals surface area contributed by atoms with Crippen LogP contribution in [0.1, 0.15) is 10.4 Å². The average Bonchev–Trinajstić information content (AvgIpc) is 2.41. The molecule has 0 amide bonds. The number of carboxylic acids is 1. The molecule has 1 N–H and O–H groups in total.